The number of guanidine groups is 1. The lowest BCUT2D eigenvalue weighted by molar-refractivity contribution is -0.126. The minimum atomic E-state index is 0.134. The summed E-state index contributed by atoms with van der Waals surface area (Å²) >= 11 is 0. The number of aromatic amines is 1. The second-order valence-electron chi connectivity index (χ2n) is 8.81. The molecule has 2 saturated carbocycles. The van der Waals surface area contributed by atoms with Crippen molar-refractivity contribution in [2.45, 2.75) is 70.9 Å². The molecule has 1 heterocycles. The van der Waals surface area contributed by atoms with E-state index in [1.807, 2.05) is 0 Å². The number of rotatable bonds is 7. The standard InChI is InChI=1S/C24H35N5O/c1-3-25-24(26-13-12-18-15-27-22-16(2)6-4-9-21(18)22)29-20-8-5-7-17(14-20)23(30)28-19-10-11-19/h4,6,9,15,17,19-20,27H,3,5,7-8,10-14H2,1-2H3,(H,28,30)(H2,25,26,29). The van der Waals surface area contributed by atoms with Gasteiger partial charge in [0.05, 0.1) is 0 Å². The summed E-state index contributed by atoms with van der Waals surface area (Å²) in [7, 11) is 0. The van der Waals surface area contributed by atoms with Crippen LogP contribution < -0.4 is 16.0 Å². The summed E-state index contributed by atoms with van der Waals surface area (Å²) in [6, 6.07) is 7.18. The topological polar surface area (TPSA) is 81.3 Å². The van der Waals surface area contributed by atoms with Crippen LogP contribution in [-0.4, -0.2) is 42.0 Å². The van der Waals surface area contributed by atoms with Crippen LogP contribution in [0, 0.1) is 12.8 Å². The molecule has 0 radical (unpaired) electrons. The molecule has 2 aliphatic carbocycles. The van der Waals surface area contributed by atoms with Gasteiger partial charge in [-0.3, -0.25) is 9.79 Å². The van der Waals surface area contributed by atoms with Crippen molar-refractivity contribution in [2.75, 3.05) is 13.1 Å². The Bertz CT molecular complexity index is 898. The lowest BCUT2D eigenvalue weighted by Crippen LogP contribution is -2.47. The largest absolute Gasteiger partial charge is 0.361 e. The van der Waals surface area contributed by atoms with Crippen molar-refractivity contribution >= 4 is 22.8 Å². The van der Waals surface area contributed by atoms with E-state index in [1.165, 1.54) is 22.0 Å². The van der Waals surface area contributed by atoms with Gasteiger partial charge in [-0.15, -0.1) is 0 Å². The zero-order chi connectivity index (χ0) is 20.9. The Labute approximate surface area is 179 Å². The van der Waals surface area contributed by atoms with Crippen LogP contribution in [0.5, 0.6) is 0 Å². The zero-order valence-electron chi connectivity index (χ0n) is 18.3. The van der Waals surface area contributed by atoms with Crippen LogP contribution in [0.2, 0.25) is 0 Å². The number of amides is 1. The van der Waals surface area contributed by atoms with Crippen molar-refractivity contribution in [2.24, 2.45) is 10.9 Å². The quantitative estimate of drug-likeness (QED) is 0.418. The smallest absolute Gasteiger partial charge is 0.223 e. The van der Waals surface area contributed by atoms with Gasteiger partial charge in [-0.05, 0) is 63.5 Å². The van der Waals surface area contributed by atoms with Crippen molar-refractivity contribution in [3.63, 3.8) is 0 Å². The Hall–Kier alpha value is -2.50. The van der Waals surface area contributed by atoms with E-state index >= 15 is 0 Å². The van der Waals surface area contributed by atoms with Gasteiger partial charge >= 0.3 is 0 Å². The lowest BCUT2D eigenvalue weighted by atomic mass is 9.85. The summed E-state index contributed by atoms with van der Waals surface area (Å²) in [6.07, 6.45) is 9.39. The van der Waals surface area contributed by atoms with Crippen LogP contribution in [0.25, 0.3) is 10.9 Å². The van der Waals surface area contributed by atoms with Crippen LogP contribution in [0.1, 0.15) is 56.6 Å². The summed E-state index contributed by atoms with van der Waals surface area (Å²) < 4.78 is 0. The highest BCUT2D eigenvalue weighted by molar-refractivity contribution is 5.86. The normalized spacial score (nSPS) is 22.1. The maximum Gasteiger partial charge on any atom is 0.223 e. The van der Waals surface area contributed by atoms with E-state index in [0.29, 0.717) is 12.1 Å². The number of aromatic nitrogens is 1. The first-order valence-electron chi connectivity index (χ1n) is 11.5. The number of hydrogen-bond donors (Lipinski definition) is 4. The van der Waals surface area contributed by atoms with Crippen molar-refractivity contribution in [3.05, 3.63) is 35.5 Å². The number of aliphatic imine (C=N–C) groups is 1. The molecule has 2 aromatic rings. The number of benzene rings is 1. The monoisotopic (exact) mass is 409 g/mol. The summed E-state index contributed by atoms with van der Waals surface area (Å²) in [5.74, 6) is 1.25. The Morgan fingerprint density at radius 2 is 2.03 bits per heavy atom. The maximum atomic E-state index is 12.5. The third kappa shape index (κ3) is 5.15. The SMILES string of the molecule is CCNC(=NCCc1c[nH]c2c(C)cccc12)NC1CCCC(C(=O)NC2CC2)C1. The molecule has 2 fully saturated rings. The predicted octanol–water partition coefficient (Wildman–Crippen LogP) is 3.41. The highest BCUT2D eigenvalue weighted by Gasteiger charge is 2.31. The Morgan fingerprint density at radius 3 is 2.83 bits per heavy atom. The number of carbonyl (C=O) groups excluding carboxylic acids is 1. The first-order chi connectivity index (χ1) is 14.6. The van der Waals surface area contributed by atoms with Crippen LogP contribution in [0.15, 0.2) is 29.4 Å². The molecule has 1 amide bonds. The molecule has 0 bridgehead atoms. The second-order valence-corrected chi connectivity index (χ2v) is 8.81. The molecule has 0 saturated heterocycles. The number of aryl methyl sites for hydroxylation is 1. The molecule has 4 rings (SSSR count). The zero-order valence-corrected chi connectivity index (χ0v) is 18.3. The number of para-hydroxylation sites is 1. The number of nitrogens with zero attached hydrogens (tertiary/aromatic N) is 1. The van der Waals surface area contributed by atoms with Crippen LogP contribution in [-0.2, 0) is 11.2 Å². The average molecular weight is 410 g/mol. The number of fused-ring (bicyclic) bond motifs is 1. The molecule has 2 atom stereocenters. The first-order valence-corrected chi connectivity index (χ1v) is 11.5. The van der Waals surface area contributed by atoms with Gasteiger partial charge < -0.3 is 20.9 Å². The highest BCUT2D eigenvalue weighted by Crippen LogP contribution is 2.27. The van der Waals surface area contributed by atoms with Crippen molar-refractivity contribution in [3.8, 4) is 0 Å². The molecule has 1 aromatic heterocycles. The molecule has 2 unspecified atom stereocenters. The molecule has 6 nitrogen and oxygen atoms in total. The minimum absolute atomic E-state index is 0.134. The third-order valence-electron chi connectivity index (χ3n) is 6.31. The van der Waals surface area contributed by atoms with Crippen LogP contribution in [0.4, 0.5) is 0 Å². The van der Waals surface area contributed by atoms with Gasteiger partial charge in [0.2, 0.25) is 5.91 Å². The number of H-pyrrole nitrogens is 1. The lowest BCUT2D eigenvalue weighted by Gasteiger charge is -2.30. The molecule has 162 valence electrons. The summed E-state index contributed by atoms with van der Waals surface area (Å²) in [5.41, 5.74) is 3.80. The van der Waals surface area contributed by atoms with Gasteiger partial charge in [0.15, 0.2) is 5.96 Å². The van der Waals surface area contributed by atoms with Gasteiger partial charge in [-0.2, -0.15) is 0 Å². The van der Waals surface area contributed by atoms with Gasteiger partial charge in [0.25, 0.3) is 0 Å². The highest BCUT2D eigenvalue weighted by atomic mass is 16.2. The van der Waals surface area contributed by atoms with Gasteiger partial charge in [0.1, 0.15) is 0 Å². The fourth-order valence-corrected chi connectivity index (χ4v) is 4.48. The fourth-order valence-electron chi connectivity index (χ4n) is 4.48. The van der Waals surface area contributed by atoms with E-state index < -0.39 is 0 Å². The molecular formula is C24H35N5O. The minimum Gasteiger partial charge on any atom is -0.361 e. The Kier molecular flexibility index (Phi) is 6.60. The van der Waals surface area contributed by atoms with Crippen LogP contribution >= 0.6 is 0 Å². The summed E-state index contributed by atoms with van der Waals surface area (Å²) in [6.45, 7) is 5.79. The van der Waals surface area contributed by atoms with E-state index in [1.54, 1.807) is 0 Å². The van der Waals surface area contributed by atoms with E-state index in [0.717, 1.165) is 64.0 Å². The second kappa shape index (κ2) is 9.54. The van der Waals surface area contributed by atoms with E-state index in [9.17, 15) is 4.79 Å². The maximum absolute atomic E-state index is 12.5. The van der Waals surface area contributed by atoms with Crippen LogP contribution in [0.3, 0.4) is 0 Å². The molecule has 0 spiro atoms. The third-order valence-corrected chi connectivity index (χ3v) is 6.31. The predicted molar refractivity (Wildman–Crippen MR) is 123 cm³/mol. The Balaban J connectivity index is 1.33. The average Bonchev–Trinajstić information content (AvgIpc) is 3.46. The van der Waals surface area contributed by atoms with Crippen molar-refractivity contribution < 1.29 is 4.79 Å². The number of hydrogen-bond acceptors (Lipinski definition) is 2. The Morgan fingerprint density at radius 1 is 1.17 bits per heavy atom. The molecule has 30 heavy (non-hydrogen) atoms. The molecule has 4 N–H and O–H groups in total. The summed E-state index contributed by atoms with van der Waals surface area (Å²) in [5, 5.41) is 11.4. The number of carbonyl (C=O) groups is 1. The molecule has 6 heteroatoms. The van der Waals surface area contributed by atoms with Gasteiger partial charge in [-0.1, -0.05) is 24.6 Å². The summed E-state index contributed by atoms with van der Waals surface area (Å²) in [4.78, 5) is 20.7. The van der Waals surface area contributed by atoms with Gasteiger partial charge in [0, 0.05) is 48.2 Å². The first kappa shape index (κ1) is 20.8. The van der Waals surface area contributed by atoms with E-state index in [2.05, 4.69) is 59.2 Å². The fraction of sp³-hybridized carbons (Fsp3) is 0.583. The molecule has 0 aliphatic heterocycles. The molecule has 2 aliphatic rings. The van der Waals surface area contributed by atoms with Gasteiger partial charge in [-0.25, -0.2) is 0 Å². The molecule has 1 aromatic carbocycles. The van der Waals surface area contributed by atoms with Crippen molar-refractivity contribution in [1.29, 1.82) is 0 Å². The molecular weight excluding hydrogens is 374 g/mol. The number of nitrogens with one attached hydrogen (secondary N) is 4. The van der Waals surface area contributed by atoms with Crippen molar-refractivity contribution in [1.82, 2.24) is 20.9 Å². The van der Waals surface area contributed by atoms with E-state index in [4.69, 9.17) is 4.99 Å². The van der Waals surface area contributed by atoms with E-state index in [-0.39, 0.29) is 11.8 Å².